The summed E-state index contributed by atoms with van der Waals surface area (Å²) >= 11 is 6.88. The van der Waals surface area contributed by atoms with Crippen LogP contribution in [-0.2, 0) is 30.8 Å². The van der Waals surface area contributed by atoms with Gasteiger partial charge in [0, 0.05) is 25.2 Å². The summed E-state index contributed by atoms with van der Waals surface area (Å²) in [4.78, 5) is 19.3. The Balaban J connectivity index is 1.36. The number of aromatic nitrogens is 2. The molecule has 43 heavy (non-hydrogen) atoms. The molecule has 2 heterocycles. The van der Waals surface area contributed by atoms with Gasteiger partial charge in [0.15, 0.2) is 16.7 Å². The Morgan fingerprint density at radius 2 is 1.67 bits per heavy atom. The third-order valence-corrected chi connectivity index (χ3v) is 7.88. The molecule has 4 aromatic rings. The molecule has 3 aromatic carbocycles. The topological polar surface area (TPSA) is 65.8 Å². The highest BCUT2D eigenvalue weighted by Gasteiger charge is 2.21. The van der Waals surface area contributed by atoms with Crippen LogP contribution in [0.4, 0.5) is 0 Å². The quantitative estimate of drug-likeness (QED) is 0.139. The lowest BCUT2D eigenvalue weighted by molar-refractivity contribution is 0.0526. The van der Waals surface area contributed by atoms with Crippen LogP contribution in [0.2, 0.25) is 5.15 Å². The zero-order valence-electron chi connectivity index (χ0n) is 25.1. The van der Waals surface area contributed by atoms with Crippen molar-refractivity contribution in [2.75, 3.05) is 26.4 Å². The second-order valence-corrected chi connectivity index (χ2v) is 11.1. The maximum Gasteiger partial charge on any atom is 0.338 e. The van der Waals surface area contributed by atoms with E-state index in [9.17, 15) is 4.79 Å². The average molecular weight is 602 g/mol. The standard InChI is InChI=1S/C35H40ClN3O4/c1-3-5-20-39-30(33(36)37-34(39)28-11-7-6-8-12-28)25-38(24-27-15-18-31-32(23-27)43-22-21-42-31)19-9-10-26-13-16-29(17-14-26)35(40)41-4-2/h6-8,11-18,23H,3-5,9-10,19-22,24-25H2,1-2H3. The second kappa shape index (κ2) is 15.1. The molecule has 0 fully saturated rings. The molecule has 1 aliphatic rings. The van der Waals surface area contributed by atoms with Crippen molar-refractivity contribution in [2.45, 2.75) is 59.2 Å². The number of hydrogen-bond acceptors (Lipinski definition) is 6. The molecule has 8 heteroatoms. The summed E-state index contributed by atoms with van der Waals surface area (Å²) in [7, 11) is 0. The van der Waals surface area contributed by atoms with Crippen LogP contribution in [0.5, 0.6) is 11.5 Å². The number of halogens is 1. The molecule has 0 saturated heterocycles. The molecule has 1 aromatic heterocycles. The second-order valence-electron chi connectivity index (χ2n) is 10.8. The van der Waals surface area contributed by atoms with E-state index in [4.69, 9.17) is 30.8 Å². The number of esters is 1. The van der Waals surface area contributed by atoms with E-state index in [1.165, 1.54) is 5.56 Å². The number of rotatable bonds is 14. The number of nitrogens with zero attached hydrogens (tertiary/aromatic N) is 3. The van der Waals surface area contributed by atoms with Crippen molar-refractivity contribution < 1.29 is 19.0 Å². The molecule has 0 radical (unpaired) electrons. The Kier molecular flexibility index (Phi) is 10.7. The van der Waals surface area contributed by atoms with Gasteiger partial charge in [-0.25, -0.2) is 9.78 Å². The van der Waals surface area contributed by atoms with E-state index >= 15 is 0 Å². The van der Waals surface area contributed by atoms with Crippen LogP contribution in [0.1, 0.15) is 60.3 Å². The molecule has 0 unspecified atom stereocenters. The van der Waals surface area contributed by atoms with Crippen molar-refractivity contribution in [3.8, 4) is 22.9 Å². The maximum absolute atomic E-state index is 12.0. The maximum atomic E-state index is 12.0. The lowest BCUT2D eigenvalue weighted by Crippen LogP contribution is -2.26. The minimum atomic E-state index is -0.286. The summed E-state index contributed by atoms with van der Waals surface area (Å²) in [5, 5.41) is 0.552. The normalized spacial score (nSPS) is 12.5. The predicted octanol–water partition coefficient (Wildman–Crippen LogP) is 7.59. The summed E-state index contributed by atoms with van der Waals surface area (Å²) in [5.74, 6) is 2.21. The molecule has 5 rings (SSSR count). The number of aryl methyl sites for hydroxylation is 1. The first-order valence-corrected chi connectivity index (χ1v) is 15.6. The first kappa shape index (κ1) is 30.6. The molecule has 0 saturated carbocycles. The van der Waals surface area contributed by atoms with Crippen LogP contribution >= 0.6 is 11.6 Å². The number of hydrogen-bond donors (Lipinski definition) is 0. The number of unbranched alkanes of at least 4 members (excludes halogenated alkanes) is 1. The summed E-state index contributed by atoms with van der Waals surface area (Å²) in [6.45, 7) is 8.63. The predicted molar refractivity (Wildman–Crippen MR) is 170 cm³/mol. The summed E-state index contributed by atoms with van der Waals surface area (Å²) in [6.07, 6.45) is 3.96. The van der Waals surface area contributed by atoms with Crippen molar-refractivity contribution >= 4 is 17.6 Å². The highest BCUT2D eigenvalue weighted by molar-refractivity contribution is 6.30. The number of carbonyl (C=O) groups is 1. The van der Waals surface area contributed by atoms with E-state index in [1.54, 1.807) is 0 Å². The van der Waals surface area contributed by atoms with Gasteiger partial charge in [0.25, 0.3) is 0 Å². The first-order chi connectivity index (χ1) is 21.1. The van der Waals surface area contributed by atoms with Gasteiger partial charge in [-0.15, -0.1) is 0 Å². The van der Waals surface area contributed by atoms with Crippen molar-refractivity contribution in [1.82, 2.24) is 14.5 Å². The van der Waals surface area contributed by atoms with Gasteiger partial charge < -0.3 is 18.8 Å². The van der Waals surface area contributed by atoms with E-state index in [0.717, 1.165) is 79.5 Å². The van der Waals surface area contributed by atoms with Crippen LogP contribution < -0.4 is 9.47 Å². The van der Waals surface area contributed by atoms with E-state index < -0.39 is 0 Å². The van der Waals surface area contributed by atoms with Gasteiger partial charge in [0.1, 0.15) is 19.0 Å². The first-order valence-electron chi connectivity index (χ1n) is 15.2. The highest BCUT2D eigenvalue weighted by atomic mass is 35.5. The number of fused-ring (bicyclic) bond motifs is 1. The Morgan fingerprint density at radius 1 is 0.930 bits per heavy atom. The van der Waals surface area contributed by atoms with Crippen LogP contribution in [0.15, 0.2) is 72.8 Å². The molecular weight excluding hydrogens is 562 g/mol. The number of carbonyl (C=O) groups excluding carboxylic acids is 1. The van der Waals surface area contributed by atoms with Crippen molar-refractivity contribution in [3.63, 3.8) is 0 Å². The van der Waals surface area contributed by atoms with Crippen molar-refractivity contribution in [1.29, 1.82) is 0 Å². The largest absolute Gasteiger partial charge is 0.486 e. The zero-order valence-corrected chi connectivity index (χ0v) is 25.8. The summed E-state index contributed by atoms with van der Waals surface area (Å²) in [5.41, 5.74) is 5.02. The summed E-state index contributed by atoms with van der Waals surface area (Å²) < 4.78 is 19.0. The SMILES string of the molecule is CCCCn1c(-c2ccccc2)nc(Cl)c1CN(CCCc1ccc(C(=O)OCC)cc1)Cc1ccc2c(c1)OCCO2. The molecular formula is C35H40ClN3O4. The highest BCUT2D eigenvalue weighted by Crippen LogP contribution is 2.32. The average Bonchev–Trinajstić information content (AvgIpc) is 3.35. The molecule has 0 aliphatic carbocycles. The van der Waals surface area contributed by atoms with Gasteiger partial charge >= 0.3 is 5.97 Å². The third-order valence-electron chi connectivity index (χ3n) is 7.58. The van der Waals surface area contributed by atoms with E-state index in [1.807, 2.05) is 55.5 Å². The van der Waals surface area contributed by atoms with Gasteiger partial charge in [-0.1, -0.05) is 73.5 Å². The van der Waals surface area contributed by atoms with Crippen LogP contribution in [0, 0.1) is 0 Å². The van der Waals surface area contributed by atoms with E-state index in [2.05, 4.69) is 40.7 Å². The molecule has 0 N–H and O–H groups in total. The monoisotopic (exact) mass is 601 g/mol. The Labute approximate surface area is 259 Å². The van der Waals surface area contributed by atoms with Gasteiger partial charge in [-0.05, 0) is 68.1 Å². The van der Waals surface area contributed by atoms with Crippen LogP contribution in [-0.4, -0.2) is 46.8 Å². The minimum Gasteiger partial charge on any atom is -0.486 e. The lowest BCUT2D eigenvalue weighted by Gasteiger charge is -2.25. The molecule has 0 bridgehead atoms. The van der Waals surface area contributed by atoms with Gasteiger partial charge in [0.2, 0.25) is 0 Å². The fourth-order valence-corrected chi connectivity index (χ4v) is 5.61. The molecule has 226 valence electrons. The smallest absolute Gasteiger partial charge is 0.338 e. The number of ether oxygens (including phenoxy) is 3. The fraction of sp³-hybridized carbons (Fsp3) is 0.371. The molecule has 1 aliphatic heterocycles. The van der Waals surface area contributed by atoms with Crippen LogP contribution in [0.3, 0.4) is 0 Å². The summed E-state index contributed by atoms with van der Waals surface area (Å²) in [6, 6.07) is 24.2. The number of benzene rings is 3. The van der Waals surface area contributed by atoms with Gasteiger partial charge in [-0.3, -0.25) is 4.90 Å². The van der Waals surface area contributed by atoms with Crippen molar-refractivity contribution in [2.24, 2.45) is 0 Å². The van der Waals surface area contributed by atoms with E-state index in [-0.39, 0.29) is 5.97 Å². The van der Waals surface area contributed by atoms with E-state index in [0.29, 0.717) is 37.1 Å². The molecule has 0 spiro atoms. The molecule has 0 atom stereocenters. The minimum absolute atomic E-state index is 0.286. The zero-order chi connectivity index (χ0) is 30.0. The van der Waals surface area contributed by atoms with Gasteiger partial charge in [0.05, 0.1) is 17.9 Å². The molecule has 0 amide bonds. The third kappa shape index (κ3) is 7.98. The van der Waals surface area contributed by atoms with Crippen molar-refractivity contribution in [3.05, 3.63) is 100 Å². The Bertz CT molecular complexity index is 1490. The molecule has 7 nitrogen and oxygen atoms in total. The number of imidazole rings is 1. The Hall–Kier alpha value is -3.81. The Morgan fingerprint density at radius 3 is 2.42 bits per heavy atom. The lowest BCUT2D eigenvalue weighted by atomic mass is 10.1. The fourth-order valence-electron chi connectivity index (χ4n) is 5.37. The van der Waals surface area contributed by atoms with Crippen LogP contribution in [0.25, 0.3) is 11.4 Å². The van der Waals surface area contributed by atoms with Gasteiger partial charge in [-0.2, -0.15) is 0 Å².